The first kappa shape index (κ1) is 12.9. The zero-order valence-electron chi connectivity index (χ0n) is 8.46. The van der Waals surface area contributed by atoms with Crippen molar-refractivity contribution in [2.75, 3.05) is 5.32 Å². The van der Waals surface area contributed by atoms with Gasteiger partial charge in [0.05, 0.1) is 21.6 Å². The van der Waals surface area contributed by atoms with Crippen molar-refractivity contribution in [3.05, 3.63) is 29.0 Å². The average Bonchev–Trinajstić information content (AvgIpc) is 2.20. The summed E-state index contributed by atoms with van der Waals surface area (Å²) in [5.74, 6) is -1.44. The summed E-state index contributed by atoms with van der Waals surface area (Å²) < 4.78 is 12.7. The van der Waals surface area contributed by atoms with E-state index in [-0.39, 0.29) is 15.9 Å². The summed E-state index contributed by atoms with van der Waals surface area (Å²) in [6.45, 7) is 1.58. The lowest BCUT2D eigenvalue weighted by molar-refractivity contribution is -0.117. The maximum absolute atomic E-state index is 12.7. The lowest BCUT2D eigenvalue weighted by atomic mass is 10.1. The second-order valence-electron chi connectivity index (χ2n) is 3.24. The molecule has 86 valence electrons. The van der Waals surface area contributed by atoms with Gasteiger partial charge in [-0.3, -0.25) is 4.79 Å². The van der Waals surface area contributed by atoms with E-state index in [0.717, 1.165) is 6.07 Å². The third kappa shape index (κ3) is 3.15. The molecular formula is C10H10ClFN2OS. The molecule has 3 N–H and O–H groups in total. The number of hydrogen-bond acceptors (Lipinski definition) is 2. The van der Waals surface area contributed by atoms with E-state index in [4.69, 9.17) is 17.3 Å². The van der Waals surface area contributed by atoms with Gasteiger partial charge in [-0.25, -0.2) is 4.39 Å². The summed E-state index contributed by atoms with van der Waals surface area (Å²) in [5, 5.41) is 2.64. The zero-order valence-corrected chi connectivity index (χ0v) is 10.0. The highest BCUT2D eigenvalue weighted by molar-refractivity contribution is 7.80. The van der Waals surface area contributed by atoms with Crippen LogP contribution in [-0.4, -0.2) is 10.9 Å². The van der Waals surface area contributed by atoms with Crippen LogP contribution in [0.3, 0.4) is 0 Å². The average molecular weight is 261 g/mol. The van der Waals surface area contributed by atoms with Gasteiger partial charge in [-0.15, -0.1) is 0 Å². The highest BCUT2D eigenvalue weighted by Gasteiger charge is 2.16. The number of nitrogens with two attached hydrogens (primary N) is 1. The number of anilines is 1. The van der Waals surface area contributed by atoms with Gasteiger partial charge in [0.25, 0.3) is 0 Å². The molecule has 0 aliphatic heterocycles. The topological polar surface area (TPSA) is 55.1 Å². The second-order valence-corrected chi connectivity index (χ2v) is 4.12. The summed E-state index contributed by atoms with van der Waals surface area (Å²) in [6, 6.07) is 3.69. The summed E-state index contributed by atoms with van der Waals surface area (Å²) in [5.41, 5.74) is 5.66. The maximum atomic E-state index is 12.7. The Morgan fingerprint density at radius 2 is 2.25 bits per heavy atom. The maximum Gasteiger partial charge on any atom is 0.234 e. The number of rotatable bonds is 3. The molecule has 0 aromatic heterocycles. The Kier molecular flexibility index (Phi) is 4.20. The first-order valence-corrected chi connectivity index (χ1v) is 5.25. The Hall–Kier alpha value is -1.20. The third-order valence-corrected chi connectivity index (χ3v) is 2.68. The van der Waals surface area contributed by atoms with Gasteiger partial charge >= 0.3 is 0 Å². The Labute approximate surface area is 103 Å². The molecule has 0 saturated heterocycles. The van der Waals surface area contributed by atoms with E-state index in [1.807, 2.05) is 0 Å². The normalized spacial score (nSPS) is 11.9. The largest absolute Gasteiger partial charge is 0.393 e. The predicted octanol–water partition coefficient (Wildman–Crippen LogP) is 2.34. The minimum absolute atomic E-state index is 0.0933. The number of halogens is 2. The zero-order chi connectivity index (χ0) is 12.3. The molecule has 1 unspecified atom stereocenters. The van der Waals surface area contributed by atoms with Crippen LogP contribution in [0.2, 0.25) is 5.02 Å². The smallest absolute Gasteiger partial charge is 0.234 e. The van der Waals surface area contributed by atoms with Crippen molar-refractivity contribution in [3.8, 4) is 0 Å². The van der Waals surface area contributed by atoms with E-state index >= 15 is 0 Å². The Morgan fingerprint density at radius 3 is 2.75 bits per heavy atom. The van der Waals surface area contributed by atoms with Crippen LogP contribution in [0.1, 0.15) is 6.92 Å². The fourth-order valence-corrected chi connectivity index (χ4v) is 1.28. The Bertz CT molecular complexity index is 439. The van der Waals surface area contributed by atoms with Crippen LogP contribution in [0.25, 0.3) is 0 Å². The van der Waals surface area contributed by atoms with Crippen LogP contribution in [0, 0.1) is 11.7 Å². The van der Waals surface area contributed by atoms with Gasteiger partial charge in [0.15, 0.2) is 0 Å². The van der Waals surface area contributed by atoms with E-state index < -0.39 is 11.7 Å². The standard InChI is InChI=1S/C10H10ClFN2OS/c1-5(9(13)16)10(15)14-8-3-2-6(12)4-7(8)11/h2-5H,1H3,(H2,13,16)(H,14,15). The quantitative estimate of drug-likeness (QED) is 0.821. The van der Waals surface area contributed by atoms with Crippen LogP contribution in [0.15, 0.2) is 18.2 Å². The second kappa shape index (κ2) is 5.23. The molecule has 0 radical (unpaired) electrons. The van der Waals surface area contributed by atoms with Crippen LogP contribution < -0.4 is 11.1 Å². The van der Waals surface area contributed by atoms with Crippen molar-refractivity contribution in [2.45, 2.75) is 6.92 Å². The van der Waals surface area contributed by atoms with Gasteiger partial charge in [0.2, 0.25) is 5.91 Å². The number of thiocarbonyl (C=S) groups is 1. The first-order chi connectivity index (χ1) is 7.41. The highest BCUT2D eigenvalue weighted by Crippen LogP contribution is 2.22. The molecule has 0 bridgehead atoms. The molecular weight excluding hydrogens is 251 g/mol. The lowest BCUT2D eigenvalue weighted by Crippen LogP contribution is -2.30. The molecule has 1 atom stereocenters. The number of hydrogen-bond donors (Lipinski definition) is 2. The number of carbonyl (C=O) groups excluding carboxylic acids is 1. The number of carbonyl (C=O) groups is 1. The van der Waals surface area contributed by atoms with Crippen molar-refractivity contribution in [3.63, 3.8) is 0 Å². The van der Waals surface area contributed by atoms with E-state index in [9.17, 15) is 9.18 Å². The number of nitrogens with one attached hydrogen (secondary N) is 1. The molecule has 0 heterocycles. The van der Waals surface area contributed by atoms with Crippen molar-refractivity contribution >= 4 is 40.4 Å². The van der Waals surface area contributed by atoms with Crippen LogP contribution in [0.4, 0.5) is 10.1 Å². The number of benzene rings is 1. The number of amides is 1. The molecule has 3 nitrogen and oxygen atoms in total. The van der Waals surface area contributed by atoms with Gasteiger partial charge < -0.3 is 11.1 Å². The van der Waals surface area contributed by atoms with E-state index in [0.29, 0.717) is 5.69 Å². The molecule has 0 spiro atoms. The monoisotopic (exact) mass is 260 g/mol. The van der Waals surface area contributed by atoms with Gasteiger partial charge in [-0.05, 0) is 25.1 Å². The predicted molar refractivity (Wildman–Crippen MR) is 66.0 cm³/mol. The van der Waals surface area contributed by atoms with Crippen molar-refractivity contribution < 1.29 is 9.18 Å². The molecule has 6 heteroatoms. The molecule has 16 heavy (non-hydrogen) atoms. The highest BCUT2D eigenvalue weighted by atomic mass is 35.5. The van der Waals surface area contributed by atoms with Crippen molar-refractivity contribution in [1.29, 1.82) is 0 Å². The summed E-state index contributed by atoms with van der Waals surface area (Å²) in [4.78, 5) is 11.7. The Morgan fingerprint density at radius 1 is 1.62 bits per heavy atom. The van der Waals surface area contributed by atoms with Gasteiger partial charge in [0.1, 0.15) is 5.82 Å². The molecule has 0 aliphatic carbocycles. The lowest BCUT2D eigenvalue weighted by Gasteiger charge is -2.11. The molecule has 1 aromatic carbocycles. The van der Waals surface area contributed by atoms with Gasteiger partial charge in [0, 0.05) is 0 Å². The minimum Gasteiger partial charge on any atom is -0.393 e. The molecule has 0 fully saturated rings. The fourth-order valence-electron chi connectivity index (χ4n) is 0.961. The van der Waals surface area contributed by atoms with E-state index in [1.54, 1.807) is 6.92 Å². The van der Waals surface area contributed by atoms with Crippen LogP contribution in [-0.2, 0) is 4.79 Å². The van der Waals surface area contributed by atoms with Gasteiger partial charge in [-0.1, -0.05) is 23.8 Å². The minimum atomic E-state index is -0.601. The molecule has 1 aromatic rings. The summed E-state index contributed by atoms with van der Waals surface area (Å²) in [6.07, 6.45) is 0. The third-order valence-electron chi connectivity index (χ3n) is 2.01. The summed E-state index contributed by atoms with van der Waals surface area (Å²) in [7, 11) is 0. The van der Waals surface area contributed by atoms with E-state index in [2.05, 4.69) is 17.5 Å². The SMILES string of the molecule is CC(C(=O)Nc1ccc(F)cc1Cl)C(N)=S. The summed E-state index contributed by atoms with van der Waals surface area (Å²) >= 11 is 10.4. The van der Waals surface area contributed by atoms with Crippen LogP contribution in [0.5, 0.6) is 0 Å². The molecule has 1 amide bonds. The van der Waals surface area contributed by atoms with Gasteiger partial charge in [-0.2, -0.15) is 0 Å². The van der Waals surface area contributed by atoms with E-state index in [1.165, 1.54) is 12.1 Å². The fraction of sp³-hybridized carbons (Fsp3) is 0.200. The van der Waals surface area contributed by atoms with Crippen LogP contribution >= 0.6 is 23.8 Å². The molecule has 0 aliphatic rings. The Balaban J connectivity index is 2.81. The van der Waals surface area contributed by atoms with Crippen molar-refractivity contribution in [2.24, 2.45) is 11.7 Å². The molecule has 0 saturated carbocycles. The molecule has 1 rings (SSSR count). The van der Waals surface area contributed by atoms with Crippen molar-refractivity contribution in [1.82, 2.24) is 0 Å². The first-order valence-electron chi connectivity index (χ1n) is 4.47.